The first-order chi connectivity index (χ1) is 6.77. The number of β-amino-alcohol motifs (C(OH)–C–C–N with tert-alkyl or cyclic N) is 1. The summed E-state index contributed by atoms with van der Waals surface area (Å²) in [5.41, 5.74) is 0.399. The van der Waals surface area contributed by atoms with Gasteiger partial charge >= 0.3 is 0 Å². The summed E-state index contributed by atoms with van der Waals surface area (Å²) in [5, 5.41) is 18.3. The van der Waals surface area contributed by atoms with Crippen molar-refractivity contribution in [2.24, 2.45) is 0 Å². The molecule has 2 aliphatic rings. The average molecular weight is 199 g/mol. The first-order valence-electron chi connectivity index (χ1n) is 5.81. The maximum Gasteiger partial charge on any atom is 0.0897 e. The molecular weight excluding hydrogens is 178 g/mol. The lowest BCUT2D eigenvalue weighted by Gasteiger charge is -2.36. The number of nitrogens with zero attached hydrogens (tertiary/aromatic N) is 1. The van der Waals surface area contributed by atoms with Crippen LogP contribution in [0.15, 0.2) is 0 Å². The summed E-state index contributed by atoms with van der Waals surface area (Å²) in [4.78, 5) is 2.42. The quantitative estimate of drug-likeness (QED) is 0.705. The van der Waals surface area contributed by atoms with Crippen LogP contribution in [0.4, 0.5) is 0 Å². The van der Waals surface area contributed by atoms with Gasteiger partial charge < -0.3 is 10.2 Å². The zero-order chi connectivity index (χ0) is 10.0. The zero-order valence-electron chi connectivity index (χ0n) is 8.78. The van der Waals surface area contributed by atoms with Crippen molar-refractivity contribution in [1.29, 1.82) is 0 Å². The lowest BCUT2D eigenvalue weighted by molar-refractivity contribution is 0.0312. The molecule has 0 aromatic rings. The van der Waals surface area contributed by atoms with Crippen LogP contribution >= 0.6 is 0 Å². The molecule has 82 valence electrons. The fraction of sp³-hybridized carbons (Fsp3) is 1.00. The van der Waals surface area contributed by atoms with E-state index in [1.54, 1.807) is 0 Å². The van der Waals surface area contributed by atoms with Crippen molar-refractivity contribution in [2.45, 2.75) is 50.2 Å². The van der Waals surface area contributed by atoms with Crippen LogP contribution in [-0.4, -0.2) is 46.5 Å². The van der Waals surface area contributed by atoms with Crippen LogP contribution in [0.2, 0.25) is 0 Å². The molecule has 0 aromatic carbocycles. The van der Waals surface area contributed by atoms with Gasteiger partial charge in [-0.15, -0.1) is 0 Å². The Morgan fingerprint density at radius 2 is 1.79 bits per heavy atom. The van der Waals surface area contributed by atoms with Crippen molar-refractivity contribution < 1.29 is 10.2 Å². The lowest BCUT2D eigenvalue weighted by atomic mass is 9.94. The SMILES string of the molecule is OCC(O)CN1CCCC12CCCC2. The number of aliphatic hydroxyl groups is 2. The van der Waals surface area contributed by atoms with Gasteiger partial charge in [-0.2, -0.15) is 0 Å². The highest BCUT2D eigenvalue weighted by atomic mass is 16.3. The predicted octanol–water partition coefficient (Wildman–Crippen LogP) is 0.748. The molecule has 1 aliphatic carbocycles. The van der Waals surface area contributed by atoms with Gasteiger partial charge in [-0.25, -0.2) is 0 Å². The third-order valence-electron chi connectivity index (χ3n) is 3.92. The molecule has 0 radical (unpaired) electrons. The average Bonchev–Trinajstić information content (AvgIpc) is 2.79. The Balaban J connectivity index is 1.96. The second kappa shape index (κ2) is 4.17. The molecule has 2 rings (SSSR count). The first-order valence-corrected chi connectivity index (χ1v) is 5.81. The number of hydrogen-bond donors (Lipinski definition) is 2. The minimum atomic E-state index is -0.550. The Morgan fingerprint density at radius 3 is 2.43 bits per heavy atom. The van der Waals surface area contributed by atoms with Crippen LogP contribution in [0.25, 0.3) is 0 Å². The summed E-state index contributed by atoms with van der Waals surface area (Å²) in [6.07, 6.45) is 7.28. The zero-order valence-corrected chi connectivity index (χ0v) is 8.78. The molecule has 1 heterocycles. The highest BCUT2D eigenvalue weighted by molar-refractivity contribution is 4.99. The van der Waals surface area contributed by atoms with Gasteiger partial charge in [0.05, 0.1) is 12.7 Å². The van der Waals surface area contributed by atoms with Gasteiger partial charge in [0.1, 0.15) is 0 Å². The molecule has 0 bridgehead atoms. The fourth-order valence-electron chi connectivity index (χ4n) is 3.19. The standard InChI is InChI=1S/C11H21NO2/c13-9-10(14)8-12-7-3-6-11(12)4-1-2-5-11/h10,13-14H,1-9H2. The summed E-state index contributed by atoms with van der Waals surface area (Å²) >= 11 is 0. The van der Waals surface area contributed by atoms with E-state index in [9.17, 15) is 5.11 Å². The summed E-state index contributed by atoms with van der Waals surface area (Å²) in [6.45, 7) is 1.67. The second-order valence-corrected chi connectivity index (χ2v) is 4.82. The van der Waals surface area contributed by atoms with Crippen molar-refractivity contribution in [2.75, 3.05) is 19.7 Å². The molecule has 3 nitrogen and oxygen atoms in total. The molecule has 0 aromatic heterocycles. The highest BCUT2D eigenvalue weighted by Gasteiger charge is 2.42. The predicted molar refractivity (Wildman–Crippen MR) is 55.1 cm³/mol. The summed E-state index contributed by atoms with van der Waals surface area (Å²) in [6, 6.07) is 0. The maximum atomic E-state index is 9.47. The van der Waals surface area contributed by atoms with E-state index < -0.39 is 6.10 Å². The van der Waals surface area contributed by atoms with Crippen LogP contribution in [0.1, 0.15) is 38.5 Å². The number of hydrogen-bond acceptors (Lipinski definition) is 3. The Labute approximate surface area is 85.7 Å². The van der Waals surface area contributed by atoms with E-state index in [1.165, 1.54) is 38.5 Å². The Bertz CT molecular complexity index is 184. The molecule has 1 saturated heterocycles. The molecular formula is C11H21NO2. The van der Waals surface area contributed by atoms with Crippen molar-refractivity contribution in [3.8, 4) is 0 Å². The van der Waals surface area contributed by atoms with Crippen LogP contribution < -0.4 is 0 Å². The summed E-state index contributed by atoms with van der Waals surface area (Å²) in [7, 11) is 0. The van der Waals surface area contributed by atoms with Crippen LogP contribution in [-0.2, 0) is 0 Å². The minimum absolute atomic E-state index is 0.105. The molecule has 3 heteroatoms. The second-order valence-electron chi connectivity index (χ2n) is 4.82. The van der Waals surface area contributed by atoms with Gasteiger partial charge in [0.2, 0.25) is 0 Å². The van der Waals surface area contributed by atoms with E-state index in [0.29, 0.717) is 12.1 Å². The molecule has 14 heavy (non-hydrogen) atoms. The van der Waals surface area contributed by atoms with Crippen molar-refractivity contribution in [3.05, 3.63) is 0 Å². The third-order valence-corrected chi connectivity index (χ3v) is 3.92. The van der Waals surface area contributed by atoms with Gasteiger partial charge in [0, 0.05) is 12.1 Å². The van der Waals surface area contributed by atoms with E-state index in [2.05, 4.69) is 4.90 Å². The van der Waals surface area contributed by atoms with Gasteiger partial charge in [0.25, 0.3) is 0 Å². The fourth-order valence-corrected chi connectivity index (χ4v) is 3.19. The van der Waals surface area contributed by atoms with Gasteiger partial charge in [-0.1, -0.05) is 12.8 Å². The van der Waals surface area contributed by atoms with Gasteiger partial charge in [-0.05, 0) is 32.2 Å². The smallest absolute Gasteiger partial charge is 0.0897 e. The monoisotopic (exact) mass is 199 g/mol. The molecule has 0 amide bonds. The van der Waals surface area contributed by atoms with Crippen LogP contribution in [0.3, 0.4) is 0 Å². The topological polar surface area (TPSA) is 43.7 Å². The van der Waals surface area contributed by atoms with E-state index in [-0.39, 0.29) is 6.61 Å². The molecule has 2 fully saturated rings. The summed E-state index contributed by atoms with van der Waals surface area (Å²) < 4.78 is 0. The van der Waals surface area contributed by atoms with Crippen molar-refractivity contribution in [1.82, 2.24) is 4.90 Å². The first kappa shape index (κ1) is 10.4. The molecule has 1 aliphatic heterocycles. The number of rotatable bonds is 3. The summed E-state index contributed by atoms with van der Waals surface area (Å²) in [5.74, 6) is 0. The molecule has 1 atom stereocenters. The number of likely N-dealkylation sites (tertiary alicyclic amines) is 1. The van der Waals surface area contributed by atoms with E-state index in [4.69, 9.17) is 5.11 Å². The maximum absolute atomic E-state index is 9.47. The van der Waals surface area contributed by atoms with E-state index in [1.807, 2.05) is 0 Å². The van der Waals surface area contributed by atoms with Crippen LogP contribution in [0.5, 0.6) is 0 Å². The highest BCUT2D eigenvalue weighted by Crippen LogP contribution is 2.42. The largest absolute Gasteiger partial charge is 0.394 e. The molecule has 1 unspecified atom stereocenters. The Hall–Kier alpha value is -0.120. The van der Waals surface area contributed by atoms with E-state index in [0.717, 1.165) is 6.54 Å². The van der Waals surface area contributed by atoms with Crippen molar-refractivity contribution >= 4 is 0 Å². The van der Waals surface area contributed by atoms with Crippen molar-refractivity contribution in [3.63, 3.8) is 0 Å². The molecule has 1 spiro atoms. The number of aliphatic hydroxyl groups excluding tert-OH is 2. The molecule has 1 saturated carbocycles. The van der Waals surface area contributed by atoms with Gasteiger partial charge in [0.15, 0.2) is 0 Å². The normalized spacial score (nSPS) is 28.7. The minimum Gasteiger partial charge on any atom is -0.394 e. The van der Waals surface area contributed by atoms with E-state index >= 15 is 0 Å². The third kappa shape index (κ3) is 1.81. The van der Waals surface area contributed by atoms with Crippen LogP contribution in [0, 0.1) is 0 Å². The Morgan fingerprint density at radius 1 is 1.14 bits per heavy atom. The van der Waals surface area contributed by atoms with Gasteiger partial charge in [-0.3, -0.25) is 4.90 Å². The Kier molecular flexibility index (Phi) is 3.10. The lowest BCUT2D eigenvalue weighted by Crippen LogP contribution is -2.45. The molecule has 2 N–H and O–H groups in total.